The summed E-state index contributed by atoms with van der Waals surface area (Å²) in [7, 11) is 0. The van der Waals surface area contributed by atoms with Crippen molar-refractivity contribution < 1.29 is 4.79 Å². The summed E-state index contributed by atoms with van der Waals surface area (Å²) < 4.78 is 0. The topological polar surface area (TPSA) is 46.5 Å². The van der Waals surface area contributed by atoms with E-state index in [1.54, 1.807) is 0 Å². The van der Waals surface area contributed by atoms with Crippen LogP contribution in [0.4, 0.5) is 0 Å². The highest BCUT2D eigenvalue weighted by Crippen LogP contribution is 2.06. The Morgan fingerprint density at radius 3 is 2.56 bits per heavy atom. The first-order valence-electron chi connectivity index (χ1n) is 3.06. The van der Waals surface area contributed by atoms with Crippen LogP contribution in [0.1, 0.15) is 26.7 Å². The molecule has 0 aromatic carbocycles. The Kier molecular flexibility index (Phi) is 3.84. The molecule has 0 aromatic rings. The van der Waals surface area contributed by atoms with Crippen LogP contribution in [0, 0.1) is 10.8 Å². The summed E-state index contributed by atoms with van der Waals surface area (Å²) in [5.41, 5.74) is 0. The number of nitroso groups, excluding NO2 is 1. The molecule has 0 N–H and O–H groups in total. The smallest absolute Gasteiger partial charge is 0.269 e. The summed E-state index contributed by atoms with van der Waals surface area (Å²) in [5.74, 6) is -0.250. The molecule has 0 aliphatic rings. The third-order valence-electron chi connectivity index (χ3n) is 1.32. The summed E-state index contributed by atoms with van der Waals surface area (Å²) in [6, 6.07) is 0. The number of carbonyl (C=O) groups is 1. The van der Waals surface area contributed by atoms with E-state index in [9.17, 15) is 9.70 Å². The van der Waals surface area contributed by atoms with Crippen molar-refractivity contribution >= 4 is 5.91 Å². The molecule has 0 rings (SSSR count). The minimum atomic E-state index is -0.538. The number of nitrogens with zero attached hydrogens (tertiary/aromatic N) is 1. The van der Waals surface area contributed by atoms with Gasteiger partial charge in [-0.1, -0.05) is 20.3 Å². The van der Waals surface area contributed by atoms with Crippen molar-refractivity contribution in [2.45, 2.75) is 26.7 Å². The lowest BCUT2D eigenvalue weighted by atomic mass is 10.1. The average molecular weight is 129 g/mol. The molecule has 0 bridgehead atoms. The molecule has 0 heterocycles. The maximum absolute atomic E-state index is 10.3. The Morgan fingerprint density at radius 2 is 2.22 bits per heavy atom. The predicted octanol–water partition coefficient (Wildman–Crippen LogP) is 1.72. The van der Waals surface area contributed by atoms with E-state index in [0.29, 0.717) is 6.42 Å². The molecule has 1 amide bonds. The van der Waals surface area contributed by atoms with Gasteiger partial charge in [-0.05, 0) is 5.92 Å². The first-order chi connectivity index (χ1) is 4.20. The van der Waals surface area contributed by atoms with Crippen LogP contribution in [0.15, 0.2) is 5.18 Å². The summed E-state index contributed by atoms with van der Waals surface area (Å²) in [6.07, 6.45) is 1.21. The zero-order valence-electron chi connectivity index (χ0n) is 5.76. The second-order valence-corrected chi connectivity index (χ2v) is 2.20. The van der Waals surface area contributed by atoms with Crippen LogP contribution in [0.25, 0.3) is 0 Å². The van der Waals surface area contributed by atoms with Crippen LogP contribution in [-0.4, -0.2) is 5.91 Å². The van der Waals surface area contributed by atoms with Gasteiger partial charge in [0.25, 0.3) is 5.91 Å². The Balaban J connectivity index is 3.46. The highest BCUT2D eigenvalue weighted by molar-refractivity contribution is 5.76. The average Bonchev–Trinajstić information content (AvgIpc) is 1.87. The van der Waals surface area contributed by atoms with E-state index in [1.165, 1.54) is 0 Å². The monoisotopic (exact) mass is 129 g/mol. The molecule has 52 valence electrons. The number of carbonyl (C=O) groups excluding carboxylic acids is 1. The fourth-order valence-corrected chi connectivity index (χ4v) is 0.480. The van der Waals surface area contributed by atoms with Crippen LogP contribution in [0.2, 0.25) is 0 Å². The van der Waals surface area contributed by atoms with E-state index in [2.05, 4.69) is 5.18 Å². The molecule has 9 heavy (non-hydrogen) atoms. The summed E-state index contributed by atoms with van der Waals surface area (Å²) in [6.45, 7) is 3.89. The number of rotatable bonds is 3. The second-order valence-electron chi connectivity index (χ2n) is 2.20. The summed E-state index contributed by atoms with van der Waals surface area (Å²) >= 11 is 0. The van der Waals surface area contributed by atoms with Crippen molar-refractivity contribution in [1.29, 1.82) is 0 Å². The maximum Gasteiger partial charge on any atom is 0.286 e. The number of hydrogen-bond acceptors (Lipinski definition) is 2. The van der Waals surface area contributed by atoms with Gasteiger partial charge in [-0.3, -0.25) is 4.79 Å². The maximum atomic E-state index is 10.3. The lowest BCUT2D eigenvalue weighted by Gasteiger charge is -2.00. The summed E-state index contributed by atoms with van der Waals surface area (Å²) in [4.78, 5) is 19.9. The molecular formula is C6H11NO2. The van der Waals surface area contributed by atoms with Crippen LogP contribution in [0.5, 0.6) is 0 Å². The first kappa shape index (κ1) is 8.27. The van der Waals surface area contributed by atoms with E-state index >= 15 is 0 Å². The normalized spacial score (nSPS) is 12.7. The molecule has 0 saturated carbocycles. The van der Waals surface area contributed by atoms with Crippen LogP contribution in [0.3, 0.4) is 0 Å². The van der Waals surface area contributed by atoms with Crippen molar-refractivity contribution in [2.75, 3.05) is 0 Å². The zero-order chi connectivity index (χ0) is 7.28. The van der Waals surface area contributed by atoms with Gasteiger partial charge in [-0.2, -0.15) is 0 Å². The fourth-order valence-electron chi connectivity index (χ4n) is 0.480. The van der Waals surface area contributed by atoms with Gasteiger partial charge in [0.1, 0.15) is 0 Å². The van der Waals surface area contributed by atoms with E-state index < -0.39 is 5.91 Å². The minimum Gasteiger partial charge on any atom is -0.269 e. The Hall–Kier alpha value is -0.730. The fraction of sp³-hybridized carbons (Fsp3) is 0.833. The molecule has 0 aromatic heterocycles. The molecule has 0 aliphatic heterocycles. The molecule has 0 aliphatic carbocycles. The van der Waals surface area contributed by atoms with E-state index in [0.717, 1.165) is 6.42 Å². The van der Waals surface area contributed by atoms with Crippen molar-refractivity contribution in [3.05, 3.63) is 4.91 Å². The van der Waals surface area contributed by atoms with Gasteiger partial charge in [0.15, 0.2) is 0 Å². The van der Waals surface area contributed by atoms with Crippen molar-refractivity contribution in [1.82, 2.24) is 0 Å². The Morgan fingerprint density at radius 1 is 1.67 bits per heavy atom. The molecule has 0 fully saturated rings. The van der Waals surface area contributed by atoms with Crippen molar-refractivity contribution in [3.63, 3.8) is 0 Å². The second kappa shape index (κ2) is 4.18. The van der Waals surface area contributed by atoms with Gasteiger partial charge in [-0.15, -0.1) is 4.91 Å². The van der Waals surface area contributed by atoms with Crippen LogP contribution in [-0.2, 0) is 4.79 Å². The van der Waals surface area contributed by atoms with Crippen molar-refractivity contribution in [2.24, 2.45) is 11.1 Å². The molecule has 0 unspecified atom stereocenters. The van der Waals surface area contributed by atoms with Gasteiger partial charge < -0.3 is 0 Å². The molecular weight excluding hydrogens is 118 g/mol. The highest BCUT2D eigenvalue weighted by Gasteiger charge is 2.05. The molecule has 1 atom stereocenters. The molecule has 0 radical (unpaired) electrons. The predicted molar refractivity (Wildman–Crippen MR) is 34.9 cm³/mol. The number of amides is 1. The molecule has 0 saturated heterocycles. The van der Waals surface area contributed by atoms with Gasteiger partial charge in [0, 0.05) is 11.6 Å². The quantitative estimate of drug-likeness (QED) is 0.544. The highest BCUT2D eigenvalue weighted by atomic mass is 16.3. The largest absolute Gasteiger partial charge is 0.286 e. The van der Waals surface area contributed by atoms with Crippen LogP contribution < -0.4 is 0 Å². The van der Waals surface area contributed by atoms with Crippen LogP contribution >= 0.6 is 0 Å². The van der Waals surface area contributed by atoms with Gasteiger partial charge in [0.2, 0.25) is 0 Å². The third-order valence-corrected chi connectivity index (χ3v) is 1.32. The standard InChI is InChI=1S/C6H11NO2/c1-3-5(2)4-6(8)7-9/h5H,3-4H2,1-2H3/t5-/m1/s1. The van der Waals surface area contributed by atoms with E-state index in [-0.39, 0.29) is 5.92 Å². The molecule has 0 spiro atoms. The Labute approximate surface area is 54.4 Å². The molecule has 3 heteroatoms. The van der Waals surface area contributed by atoms with Crippen molar-refractivity contribution in [3.8, 4) is 0 Å². The van der Waals surface area contributed by atoms with Gasteiger partial charge in [0.05, 0.1) is 0 Å². The van der Waals surface area contributed by atoms with E-state index in [4.69, 9.17) is 0 Å². The molecule has 3 nitrogen and oxygen atoms in total. The van der Waals surface area contributed by atoms with Gasteiger partial charge in [-0.25, -0.2) is 0 Å². The summed E-state index contributed by atoms with van der Waals surface area (Å²) in [5, 5.41) is 2.29. The van der Waals surface area contributed by atoms with Gasteiger partial charge >= 0.3 is 0 Å². The SMILES string of the molecule is CC[C@@H](C)CC(=O)N=O. The first-order valence-corrected chi connectivity index (χ1v) is 3.06. The minimum absolute atomic E-state index is 0.287. The van der Waals surface area contributed by atoms with E-state index in [1.807, 2.05) is 13.8 Å². The lowest BCUT2D eigenvalue weighted by molar-refractivity contribution is -0.118. The zero-order valence-corrected chi connectivity index (χ0v) is 5.76. The Bertz CT molecular complexity index is 112. The number of hydrogen-bond donors (Lipinski definition) is 0. The third kappa shape index (κ3) is 3.82. The lowest BCUT2D eigenvalue weighted by Crippen LogP contribution is -2.00.